The predicted octanol–water partition coefficient (Wildman–Crippen LogP) is 0.637. The quantitative estimate of drug-likeness (QED) is 0.721. The van der Waals surface area contributed by atoms with Gasteiger partial charge in [-0.3, -0.25) is 0 Å². The van der Waals surface area contributed by atoms with Gasteiger partial charge in [0.1, 0.15) is 0 Å². The van der Waals surface area contributed by atoms with Gasteiger partial charge in [-0.05, 0) is 23.6 Å². The van der Waals surface area contributed by atoms with E-state index < -0.39 is 0 Å². The molecule has 1 aliphatic heterocycles. The van der Waals surface area contributed by atoms with Gasteiger partial charge in [-0.2, -0.15) is 0 Å². The van der Waals surface area contributed by atoms with Gasteiger partial charge in [-0.25, -0.2) is 0 Å². The number of nitrogens with two attached hydrogens (primary N) is 2. The first-order chi connectivity index (χ1) is 6.72. The largest absolute Gasteiger partial charge is 0.374 e. The second kappa shape index (κ2) is 3.59. The maximum atomic E-state index is 5.88. The predicted molar refractivity (Wildman–Crippen MR) is 59.4 cm³/mol. The summed E-state index contributed by atoms with van der Waals surface area (Å²) in [7, 11) is 2.12. The van der Waals surface area contributed by atoms with Gasteiger partial charge in [0.15, 0.2) is 0 Å². The van der Waals surface area contributed by atoms with Crippen LogP contribution in [0.15, 0.2) is 18.2 Å². The van der Waals surface area contributed by atoms with E-state index in [1.807, 2.05) is 0 Å². The second-order valence-electron chi connectivity index (χ2n) is 3.90. The molecule has 0 spiro atoms. The third kappa shape index (κ3) is 1.49. The van der Waals surface area contributed by atoms with Gasteiger partial charge in [-0.1, -0.05) is 12.1 Å². The number of fused-ring (bicyclic) bond motifs is 1. The minimum atomic E-state index is -0.0220. The molecule has 1 aromatic rings. The number of benzene rings is 1. The van der Waals surface area contributed by atoms with Crippen LogP contribution in [0.1, 0.15) is 17.2 Å². The summed E-state index contributed by atoms with van der Waals surface area (Å²) in [5.74, 6) is 0. The Morgan fingerprint density at radius 1 is 1.50 bits per heavy atom. The highest BCUT2D eigenvalue weighted by Gasteiger charge is 2.16. The molecular formula is C11H17N3. The third-order valence-electron chi connectivity index (χ3n) is 2.91. The van der Waals surface area contributed by atoms with Crippen molar-refractivity contribution in [3.05, 3.63) is 29.3 Å². The van der Waals surface area contributed by atoms with E-state index in [0.29, 0.717) is 6.54 Å². The Hall–Kier alpha value is -1.06. The van der Waals surface area contributed by atoms with E-state index in [1.54, 1.807) is 0 Å². The zero-order chi connectivity index (χ0) is 10.1. The fraction of sp³-hybridized carbons (Fsp3) is 0.455. The Labute approximate surface area is 84.7 Å². The number of rotatable bonds is 2. The smallest absolute Gasteiger partial charge is 0.0419 e. The third-order valence-corrected chi connectivity index (χ3v) is 2.91. The highest BCUT2D eigenvalue weighted by atomic mass is 15.1. The van der Waals surface area contributed by atoms with Gasteiger partial charge >= 0.3 is 0 Å². The lowest BCUT2D eigenvalue weighted by atomic mass is 10.0. The normalized spacial score (nSPS) is 16.9. The van der Waals surface area contributed by atoms with Crippen LogP contribution in [0.2, 0.25) is 0 Å². The Morgan fingerprint density at radius 2 is 2.29 bits per heavy atom. The molecule has 2 rings (SSSR count). The van der Waals surface area contributed by atoms with Crippen LogP contribution in [0.3, 0.4) is 0 Å². The van der Waals surface area contributed by atoms with Crippen LogP contribution in [-0.2, 0) is 6.42 Å². The molecule has 1 heterocycles. The van der Waals surface area contributed by atoms with Crippen LogP contribution in [-0.4, -0.2) is 20.1 Å². The lowest BCUT2D eigenvalue weighted by Gasteiger charge is -2.14. The molecule has 3 nitrogen and oxygen atoms in total. The molecule has 0 saturated carbocycles. The van der Waals surface area contributed by atoms with Crippen molar-refractivity contribution >= 4 is 5.69 Å². The maximum Gasteiger partial charge on any atom is 0.0419 e. The van der Waals surface area contributed by atoms with Crippen molar-refractivity contribution in [2.75, 3.05) is 25.0 Å². The van der Waals surface area contributed by atoms with Gasteiger partial charge in [-0.15, -0.1) is 0 Å². The molecule has 1 atom stereocenters. The minimum absolute atomic E-state index is 0.0220. The van der Waals surface area contributed by atoms with Crippen LogP contribution in [0.5, 0.6) is 0 Å². The number of anilines is 1. The summed E-state index contributed by atoms with van der Waals surface area (Å²) in [5.41, 5.74) is 15.3. The van der Waals surface area contributed by atoms with E-state index >= 15 is 0 Å². The molecule has 0 fully saturated rings. The monoisotopic (exact) mass is 191 g/mol. The lowest BCUT2D eigenvalue weighted by molar-refractivity contribution is 0.736. The molecule has 1 aromatic carbocycles. The van der Waals surface area contributed by atoms with E-state index in [0.717, 1.165) is 18.5 Å². The highest BCUT2D eigenvalue weighted by molar-refractivity contribution is 5.58. The van der Waals surface area contributed by atoms with Crippen molar-refractivity contribution in [2.24, 2.45) is 11.5 Å². The number of likely N-dealkylation sites (N-methyl/N-ethyl adjacent to an activating group) is 1. The van der Waals surface area contributed by atoms with Gasteiger partial charge in [0, 0.05) is 31.9 Å². The lowest BCUT2D eigenvalue weighted by Crippen LogP contribution is -2.20. The first-order valence-corrected chi connectivity index (χ1v) is 5.02. The van der Waals surface area contributed by atoms with Crippen LogP contribution < -0.4 is 16.4 Å². The Morgan fingerprint density at radius 3 is 3.00 bits per heavy atom. The average Bonchev–Trinajstić information content (AvgIpc) is 2.59. The number of hydrogen-bond donors (Lipinski definition) is 2. The van der Waals surface area contributed by atoms with Gasteiger partial charge in [0.25, 0.3) is 0 Å². The SMILES string of the molecule is CN1CCc2cc(C(N)CN)ccc21. The van der Waals surface area contributed by atoms with Crippen molar-refractivity contribution < 1.29 is 0 Å². The molecule has 0 radical (unpaired) electrons. The van der Waals surface area contributed by atoms with E-state index in [9.17, 15) is 0 Å². The Balaban J connectivity index is 2.32. The summed E-state index contributed by atoms with van der Waals surface area (Å²) in [4.78, 5) is 2.27. The number of nitrogens with zero attached hydrogens (tertiary/aromatic N) is 1. The first kappa shape index (κ1) is 9.49. The maximum absolute atomic E-state index is 5.88. The first-order valence-electron chi connectivity index (χ1n) is 5.02. The summed E-state index contributed by atoms with van der Waals surface area (Å²) < 4.78 is 0. The Bertz CT molecular complexity index is 335. The summed E-state index contributed by atoms with van der Waals surface area (Å²) in [5, 5.41) is 0. The van der Waals surface area contributed by atoms with Crippen LogP contribution >= 0.6 is 0 Å². The van der Waals surface area contributed by atoms with Crippen molar-refractivity contribution in [2.45, 2.75) is 12.5 Å². The molecule has 0 aromatic heterocycles. The molecule has 0 saturated heterocycles. The highest BCUT2D eigenvalue weighted by Crippen LogP contribution is 2.28. The average molecular weight is 191 g/mol. The van der Waals surface area contributed by atoms with E-state index in [-0.39, 0.29) is 6.04 Å². The summed E-state index contributed by atoms with van der Waals surface area (Å²) in [6.07, 6.45) is 1.12. The standard InChI is InChI=1S/C11H17N3/c1-14-5-4-9-6-8(10(13)7-12)2-3-11(9)14/h2-3,6,10H,4-5,7,12-13H2,1H3. The minimum Gasteiger partial charge on any atom is -0.374 e. The van der Waals surface area contributed by atoms with Gasteiger partial charge in [0.2, 0.25) is 0 Å². The summed E-state index contributed by atoms with van der Waals surface area (Å²) >= 11 is 0. The van der Waals surface area contributed by atoms with Crippen LogP contribution in [0.4, 0.5) is 5.69 Å². The molecule has 0 amide bonds. The fourth-order valence-corrected chi connectivity index (χ4v) is 1.95. The van der Waals surface area contributed by atoms with Gasteiger partial charge < -0.3 is 16.4 Å². The van der Waals surface area contributed by atoms with E-state index in [4.69, 9.17) is 11.5 Å². The molecule has 0 bridgehead atoms. The number of hydrogen-bond acceptors (Lipinski definition) is 3. The van der Waals surface area contributed by atoms with Crippen molar-refractivity contribution in [1.82, 2.24) is 0 Å². The molecule has 3 heteroatoms. The van der Waals surface area contributed by atoms with Gasteiger partial charge in [0.05, 0.1) is 0 Å². The van der Waals surface area contributed by atoms with Crippen molar-refractivity contribution in [1.29, 1.82) is 0 Å². The molecule has 4 N–H and O–H groups in total. The second-order valence-corrected chi connectivity index (χ2v) is 3.90. The topological polar surface area (TPSA) is 55.3 Å². The zero-order valence-electron chi connectivity index (χ0n) is 8.53. The Kier molecular flexibility index (Phi) is 2.44. The summed E-state index contributed by atoms with van der Waals surface area (Å²) in [6, 6.07) is 6.40. The fourth-order valence-electron chi connectivity index (χ4n) is 1.95. The molecule has 0 aliphatic carbocycles. The molecule has 14 heavy (non-hydrogen) atoms. The molecule has 1 aliphatic rings. The summed E-state index contributed by atoms with van der Waals surface area (Å²) in [6.45, 7) is 1.62. The van der Waals surface area contributed by atoms with E-state index in [1.165, 1.54) is 11.3 Å². The van der Waals surface area contributed by atoms with Crippen molar-refractivity contribution in [3.8, 4) is 0 Å². The van der Waals surface area contributed by atoms with Crippen LogP contribution in [0, 0.1) is 0 Å². The zero-order valence-corrected chi connectivity index (χ0v) is 8.53. The van der Waals surface area contributed by atoms with E-state index in [2.05, 4.69) is 30.1 Å². The molecule has 76 valence electrons. The molecular weight excluding hydrogens is 174 g/mol. The molecule has 1 unspecified atom stereocenters. The van der Waals surface area contributed by atoms with Crippen molar-refractivity contribution in [3.63, 3.8) is 0 Å². The van der Waals surface area contributed by atoms with Crippen LogP contribution in [0.25, 0.3) is 0 Å².